The Bertz CT molecular complexity index is 798. The molecule has 22 heavy (non-hydrogen) atoms. The second kappa shape index (κ2) is 4.85. The van der Waals surface area contributed by atoms with Gasteiger partial charge in [0.05, 0.1) is 12.6 Å². The summed E-state index contributed by atoms with van der Waals surface area (Å²) in [6, 6.07) is 2.89. The number of aromatic nitrogens is 4. The smallest absolute Gasteiger partial charge is 0.245 e. The first-order valence-electron chi connectivity index (χ1n) is 7.44. The minimum Gasteiger partial charge on any atom is -0.263 e. The maximum absolute atomic E-state index is 12.8. The van der Waals surface area contributed by atoms with Gasteiger partial charge in [-0.25, -0.2) is 18.1 Å². The number of hydrogen-bond acceptors (Lipinski definition) is 5. The molecule has 2 aromatic rings. The summed E-state index contributed by atoms with van der Waals surface area (Å²) < 4.78 is 28.9. The van der Waals surface area contributed by atoms with Gasteiger partial charge in [-0.15, -0.1) is 0 Å². The van der Waals surface area contributed by atoms with E-state index in [0.717, 1.165) is 24.5 Å². The highest BCUT2D eigenvalue weighted by Crippen LogP contribution is 2.39. The highest BCUT2D eigenvalue weighted by Gasteiger charge is 2.38. The largest absolute Gasteiger partial charge is 0.263 e. The SMILES string of the molecule is C[C@@H]1c2nc(C3CC3)nn2CCN1S(=O)(=O)c1cccnc1. The Morgan fingerprint density at radius 2 is 2.09 bits per heavy atom. The van der Waals surface area contributed by atoms with Gasteiger partial charge in [-0.3, -0.25) is 4.98 Å². The van der Waals surface area contributed by atoms with Crippen LogP contribution in [0.2, 0.25) is 0 Å². The second-order valence-electron chi connectivity index (χ2n) is 5.81. The van der Waals surface area contributed by atoms with Crippen LogP contribution in [0.25, 0.3) is 0 Å². The van der Waals surface area contributed by atoms with Crippen LogP contribution in [-0.4, -0.2) is 39.0 Å². The molecule has 0 amide bonds. The van der Waals surface area contributed by atoms with Crippen molar-refractivity contribution in [3.05, 3.63) is 36.2 Å². The van der Waals surface area contributed by atoms with Crippen LogP contribution < -0.4 is 0 Å². The Morgan fingerprint density at radius 1 is 1.27 bits per heavy atom. The van der Waals surface area contributed by atoms with Gasteiger partial charge in [-0.1, -0.05) is 0 Å². The van der Waals surface area contributed by atoms with Crippen molar-refractivity contribution in [1.82, 2.24) is 24.1 Å². The van der Waals surface area contributed by atoms with Crippen molar-refractivity contribution >= 4 is 10.0 Å². The van der Waals surface area contributed by atoms with Crippen LogP contribution in [0, 0.1) is 0 Å². The van der Waals surface area contributed by atoms with Gasteiger partial charge in [-0.2, -0.15) is 9.40 Å². The first kappa shape index (κ1) is 13.8. The molecule has 116 valence electrons. The van der Waals surface area contributed by atoms with E-state index in [-0.39, 0.29) is 10.9 Å². The molecule has 0 saturated heterocycles. The Kier molecular flexibility index (Phi) is 3.05. The summed E-state index contributed by atoms with van der Waals surface area (Å²) in [6.45, 7) is 2.81. The highest BCUT2D eigenvalue weighted by molar-refractivity contribution is 7.89. The van der Waals surface area contributed by atoms with Crippen LogP contribution in [-0.2, 0) is 16.6 Å². The third-order valence-corrected chi connectivity index (χ3v) is 6.19. The molecule has 1 aliphatic heterocycles. The van der Waals surface area contributed by atoms with Crippen LogP contribution in [0.15, 0.2) is 29.4 Å². The monoisotopic (exact) mass is 319 g/mol. The van der Waals surface area contributed by atoms with Gasteiger partial charge in [0.25, 0.3) is 0 Å². The number of hydrogen-bond donors (Lipinski definition) is 0. The zero-order chi connectivity index (χ0) is 15.3. The fourth-order valence-corrected chi connectivity index (χ4v) is 4.39. The van der Waals surface area contributed by atoms with Crippen LogP contribution in [0.3, 0.4) is 0 Å². The standard InChI is InChI=1S/C14H17N5O2S/c1-10-14-16-13(11-4-5-11)17-18(14)7-8-19(10)22(20,21)12-3-2-6-15-9-12/h2-3,6,9-11H,4-5,7-8H2,1H3/t10-/m1/s1. The van der Waals surface area contributed by atoms with Crippen molar-refractivity contribution in [1.29, 1.82) is 0 Å². The Balaban J connectivity index is 1.69. The van der Waals surface area contributed by atoms with Crippen LogP contribution in [0.4, 0.5) is 0 Å². The van der Waals surface area contributed by atoms with E-state index >= 15 is 0 Å². The van der Waals surface area contributed by atoms with E-state index in [1.165, 1.54) is 10.5 Å². The number of fused-ring (bicyclic) bond motifs is 1. The summed E-state index contributed by atoms with van der Waals surface area (Å²) in [4.78, 5) is 8.71. The van der Waals surface area contributed by atoms with Gasteiger partial charge < -0.3 is 0 Å². The molecular weight excluding hydrogens is 302 g/mol. The van der Waals surface area contributed by atoms with Gasteiger partial charge in [0, 0.05) is 24.9 Å². The third-order valence-electron chi connectivity index (χ3n) is 4.24. The van der Waals surface area contributed by atoms with Crippen LogP contribution >= 0.6 is 0 Å². The van der Waals surface area contributed by atoms with Crippen LogP contribution in [0.1, 0.15) is 43.4 Å². The molecule has 1 fully saturated rings. The molecule has 4 rings (SSSR count). The minimum absolute atomic E-state index is 0.220. The molecule has 1 aliphatic carbocycles. The van der Waals surface area contributed by atoms with Gasteiger partial charge >= 0.3 is 0 Å². The predicted octanol–water partition coefficient (Wildman–Crippen LogP) is 1.32. The summed E-state index contributed by atoms with van der Waals surface area (Å²) in [5.74, 6) is 2.07. The molecule has 1 atom stereocenters. The molecule has 2 aromatic heterocycles. The zero-order valence-corrected chi connectivity index (χ0v) is 13.1. The molecule has 0 bridgehead atoms. The molecule has 8 heteroatoms. The van der Waals surface area contributed by atoms with Gasteiger partial charge in [0.1, 0.15) is 10.7 Å². The topological polar surface area (TPSA) is 81.0 Å². The summed E-state index contributed by atoms with van der Waals surface area (Å²) in [7, 11) is -3.56. The minimum atomic E-state index is -3.56. The Morgan fingerprint density at radius 3 is 2.77 bits per heavy atom. The van der Waals surface area contributed by atoms with Crippen molar-refractivity contribution in [2.45, 2.75) is 43.2 Å². The summed E-state index contributed by atoms with van der Waals surface area (Å²) >= 11 is 0. The summed E-state index contributed by atoms with van der Waals surface area (Å²) in [5, 5.41) is 4.52. The van der Waals surface area contributed by atoms with Gasteiger partial charge in [0.2, 0.25) is 10.0 Å². The number of sulfonamides is 1. The van der Waals surface area contributed by atoms with E-state index < -0.39 is 10.0 Å². The molecule has 1 saturated carbocycles. The maximum atomic E-state index is 12.8. The molecule has 0 radical (unpaired) electrons. The highest BCUT2D eigenvalue weighted by atomic mass is 32.2. The van der Waals surface area contributed by atoms with E-state index in [1.807, 2.05) is 11.6 Å². The molecule has 7 nitrogen and oxygen atoms in total. The lowest BCUT2D eigenvalue weighted by Crippen LogP contribution is -2.41. The van der Waals surface area contributed by atoms with Crippen molar-refractivity contribution in [2.24, 2.45) is 0 Å². The Hall–Kier alpha value is -1.80. The fourth-order valence-electron chi connectivity index (χ4n) is 2.84. The van der Waals surface area contributed by atoms with Crippen molar-refractivity contribution in [3.63, 3.8) is 0 Å². The maximum Gasteiger partial charge on any atom is 0.245 e. The van der Waals surface area contributed by atoms with Crippen molar-refractivity contribution in [2.75, 3.05) is 6.54 Å². The first-order valence-corrected chi connectivity index (χ1v) is 8.88. The normalized spacial score (nSPS) is 22.5. The van der Waals surface area contributed by atoms with E-state index in [1.54, 1.807) is 18.3 Å². The lowest BCUT2D eigenvalue weighted by molar-refractivity contribution is 0.265. The quantitative estimate of drug-likeness (QED) is 0.852. The summed E-state index contributed by atoms with van der Waals surface area (Å²) in [6.07, 6.45) is 5.22. The zero-order valence-electron chi connectivity index (χ0n) is 12.3. The summed E-state index contributed by atoms with van der Waals surface area (Å²) in [5.41, 5.74) is 0. The molecule has 0 unspecified atom stereocenters. The van der Waals surface area contributed by atoms with Gasteiger partial charge in [-0.05, 0) is 31.9 Å². The first-order chi connectivity index (χ1) is 10.6. The lowest BCUT2D eigenvalue weighted by Gasteiger charge is -2.31. The predicted molar refractivity (Wildman–Crippen MR) is 78.5 cm³/mol. The van der Waals surface area contributed by atoms with Crippen molar-refractivity contribution in [3.8, 4) is 0 Å². The average molecular weight is 319 g/mol. The number of rotatable bonds is 3. The fraction of sp³-hybridized carbons (Fsp3) is 0.500. The van der Waals surface area contributed by atoms with Gasteiger partial charge in [0.15, 0.2) is 5.82 Å². The molecular formula is C14H17N5O2S. The van der Waals surface area contributed by atoms with E-state index in [4.69, 9.17) is 0 Å². The Labute approximate surface area is 129 Å². The number of pyridine rings is 1. The van der Waals surface area contributed by atoms with Crippen molar-refractivity contribution < 1.29 is 8.42 Å². The molecule has 0 aromatic carbocycles. The van der Waals surface area contributed by atoms with E-state index in [9.17, 15) is 8.42 Å². The second-order valence-corrected chi connectivity index (χ2v) is 7.70. The molecule has 0 spiro atoms. The van der Waals surface area contributed by atoms with E-state index in [2.05, 4.69) is 15.1 Å². The molecule has 3 heterocycles. The number of nitrogens with zero attached hydrogens (tertiary/aromatic N) is 5. The third kappa shape index (κ3) is 2.14. The lowest BCUT2D eigenvalue weighted by atomic mass is 10.2. The molecule has 0 N–H and O–H groups in total. The van der Waals surface area contributed by atoms with Crippen LogP contribution in [0.5, 0.6) is 0 Å². The molecule has 2 aliphatic rings. The average Bonchev–Trinajstić information content (AvgIpc) is 3.28. The van der Waals surface area contributed by atoms with E-state index in [0.29, 0.717) is 19.0 Å².